The fraction of sp³-hybridized carbons (Fsp3) is 0.333. The first-order valence-corrected chi connectivity index (χ1v) is 9.40. The molecule has 0 unspecified atom stereocenters. The predicted octanol–water partition coefficient (Wildman–Crippen LogP) is 4.19. The zero-order valence-electron chi connectivity index (χ0n) is 16.0. The van der Waals surface area contributed by atoms with E-state index in [0.29, 0.717) is 18.9 Å². The molecule has 0 radical (unpaired) electrons. The Balaban J connectivity index is 1.89. The summed E-state index contributed by atoms with van der Waals surface area (Å²) in [5.74, 6) is 1.17. The molecule has 1 aromatic heterocycles. The van der Waals surface area contributed by atoms with Crippen molar-refractivity contribution >= 4 is 17.5 Å². The van der Waals surface area contributed by atoms with E-state index in [1.54, 1.807) is 6.20 Å². The first-order valence-electron chi connectivity index (χ1n) is 9.40. The molecule has 0 saturated heterocycles. The molecule has 0 aliphatic carbocycles. The molecule has 0 aliphatic rings. The molecule has 1 heterocycles. The molecule has 144 valence electrons. The maximum absolute atomic E-state index is 12.3. The summed E-state index contributed by atoms with van der Waals surface area (Å²) in [5.41, 5.74) is 8.27. The normalized spacial score (nSPS) is 10.9. The van der Waals surface area contributed by atoms with Crippen molar-refractivity contribution in [2.24, 2.45) is 5.73 Å². The highest BCUT2D eigenvalue weighted by molar-refractivity contribution is 5.90. The molecule has 5 N–H and O–H groups in total. The van der Waals surface area contributed by atoms with Gasteiger partial charge in [0.15, 0.2) is 0 Å². The summed E-state index contributed by atoms with van der Waals surface area (Å²) in [6, 6.07) is 13.5. The van der Waals surface area contributed by atoms with Gasteiger partial charge in [-0.05, 0) is 42.5 Å². The minimum absolute atomic E-state index is 0.200. The first kappa shape index (κ1) is 20.3. The maximum Gasteiger partial charge on any atom is 0.319 e. The van der Waals surface area contributed by atoms with Crippen molar-refractivity contribution < 1.29 is 4.79 Å². The highest BCUT2D eigenvalue weighted by atomic mass is 16.2. The molecule has 2 amide bonds. The lowest BCUT2D eigenvalue weighted by Crippen LogP contribution is -2.31. The minimum atomic E-state index is -0.200. The second-order valence-corrected chi connectivity index (χ2v) is 6.25. The Morgan fingerprint density at radius 2 is 1.93 bits per heavy atom. The molecular weight excluding hydrogens is 338 g/mol. The van der Waals surface area contributed by atoms with Gasteiger partial charge in [-0.15, -0.1) is 0 Å². The lowest BCUT2D eigenvalue weighted by molar-refractivity contribution is 0.252. The van der Waals surface area contributed by atoms with Crippen molar-refractivity contribution in [1.29, 1.82) is 0 Å². The lowest BCUT2D eigenvalue weighted by atomic mass is 9.92. The van der Waals surface area contributed by atoms with Crippen LogP contribution in [0.15, 0.2) is 54.9 Å². The number of amides is 2. The summed E-state index contributed by atoms with van der Waals surface area (Å²) in [4.78, 5) is 16.7. The molecular formula is C21H29N5O. The standard InChI is InChI=1S/C21H29N5O/c1-3-16(4-2)18-9-5-6-10-19(18)26-21(27)24-14-12-17-8-7-11-20(25-17)23-15-13-22/h5-11,13,15-16H,3-4,12,14,22H2,1-2H3,(H,23,25)(H2,24,26,27)/b15-13-. The second-order valence-electron chi connectivity index (χ2n) is 6.25. The third-order valence-electron chi connectivity index (χ3n) is 4.44. The molecule has 2 rings (SSSR count). The molecule has 0 saturated carbocycles. The smallest absolute Gasteiger partial charge is 0.319 e. The zero-order valence-corrected chi connectivity index (χ0v) is 16.0. The average Bonchev–Trinajstić information content (AvgIpc) is 2.69. The number of urea groups is 1. The van der Waals surface area contributed by atoms with Crippen LogP contribution >= 0.6 is 0 Å². The van der Waals surface area contributed by atoms with Gasteiger partial charge in [-0.25, -0.2) is 9.78 Å². The van der Waals surface area contributed by atoms with Gasteiger partial charge < -0.3 is 21.7 Å². The highest BCUT2D eigenvalue weighted by Gasteiger charge is 2.13. The van der Waals surface area contributed by atoms with E-state index < -0.39 is 0 Å². The van der Waals surface area contributed by atoms with Crippen molar-refractivity contribution in [3.05, 3.63) is 66.1 Å². The predicted molar refractivity (Wildman–Crippen MR) is 112 cm³/mol. The number of para-hydroxylation sites is 1. The van der Waals surface area contributed by atoms with Crippen LogP contribution in [-0.4, -0.2) is 17.6 Å². The van der Waals surface area contributed by atoms with Gasteiger partial charge >= 0.3 is 6.03 Å². The highest BCUT2D eigenvalue weighted by Crippen LogP contribution is 2.29. The Kier molecular flexibility index (Phi) is 8.16. The third-order valence-corrected chi connectivity index (χ3v) is 4.44. The van der Waals surface area contributed by atoms with Crippen LogP contribution in [0.5, 0.6) is 0 Å². The number of nitrogens with zero attached hydrogens (tertiary/aromatic N) is 1. The largest absolute Gasteiger partial charge is 0.403 e. The zero-order chi connectivity index (χ0) is 19.5. The number of benzene rings is 1. The van der Waals surface area contributed by atoms with Gasteiger partial charge in [0.25, 0.3) is 0 Å². The van der Waals surface area contributed by atoms with Gasteiger partial charge in [-0.3, -0.25) is 0 Å². The summed E-state index contributed by atoms with van der Waals surface area (Å²) in [6.07, 6.45) is 5.77. The maximum atomic E-state index is 12.3. The molecule has 27 heavy (non-hydrogen) atoms. The van der Waals surface area contributed by atoms with E-state index in [1.807, 2.05) is 36.4 Å². The fourth-order valence-electron chi connectivity index (χ4n) is 3.00. The number of carbonyl (C=O) groups excluding carboxylic acids is 1. The van der Waals surface area contributed by atoms with Crippen LogP contribution in [-0.2, 0) is 6.42 Å². The Morgan fingerprint density at radius 3 is 2.67 bits per heavy atom. The summed E-state index contributed by atoms with van der Waals surface area (Å²) >= 11 is 0. The van der Waals surface area contributed by atoms with Crippen LogP contribution in [0.25, 0.3) is 0 Å². The van der Waals surface area contributed by atoms with Crippen molar-refractivity contribution in [2.75, 3.05) is 17.2 Å². The topological polar surface area (TPSA) is 92.1 Å². The number of hydrogen-bond acceptors (Lipinski definition) is 4. The minimum Gasteiger partial charge on any atom is -0.403 e. The van der Waals surface area contributed by atoms with Crippen LogP contribution < -0.4 is 21.7 Å². The number of anilines is 2. The summed E-state index contributed by atoms with van der Waals surface area (Å²) in [7, 11) is 0. The second kappa shape index (κ2) is 10.9. The van der Waals surface area contributed by atoms with Crippen LogP contribution in [0.3, 0.4) is 0 Å². The quantitative estimate of drug-likeness (QED) is 0.535. The molecule has 6 nitrogen and oxygen atoms in total. The number of pyridine rings is 1. The Hall–Kier alpha value is -3.02. The summed E-state index contributed by atoms with van der Waals surface area (Å²) < 4.78 is 0. The summed E-state index contributed by atoms with van der Waals surface area (Å²) in [5, 5.41) is 8.86. The van der Waals surface area contributed by atoms with Crippen molar-refractivity contribution in [1.82, 2.24) is 10.3 Å². The number of carbonyl (C=O) groups is 1. The number of rotatable bonds is 9. The van der Waals surface area contributed by atoms with Crippen molar-refractivity contribution in [3.8, 4) is 0 Å². The van der Waals surface area contributed by atoms with E-state index in [-0.39, 0.29) is 6.03 Å². The monoisotopic (exact) mass is 367 g/mol. The van der Waals surface area contributed by atoms with Crippen molar-refractivity contribution in [3.63, 3.8) is 0 Å². The molecule has 0 atom stereocenters. The van der Waals surface area contributed by atoms with E-state index in [0.717, 1.165) is 30.0 Å². The summed E-state index contributed by atoms with van der Waals surface area (Å²) in [6.45, 7) is 4.84. The van der Waals surface area contributed by atoms with E-state index in [2.05, 4.69) is 40.8 Å². The van der Waals surface area contributed by atoms with Gasteiger partial charge in [0, 0.05) is 36.7 Å². The molecule has 1 aromatic carbocycles. The number of nitrogens with two attached hydrogens (primary N) is 1. The molecule has 0 spiro atoms. The van der Waals surface area contributed by atoms with Gasteiger partial charge in [0.05, 0.1) is 0 Å². The van der Waals surface area contributed by atoms with Gasteiger partial charge in [-0.2, -0.15) is 0 Å². The average molecular weight is 367 g/mol. The molecule has 0 fully saturated rings. The van der Waals surface area contributed by atoms with Crippen molar-refractivity contribution in [2.45, 2.75) is 39.0 Å². The van der Waals surface area contributed by atoms with E-state index in [4.69, 9.17) is 5.73 Å². The van der Waals surface area contributed by atoms with E-state index in [9.17, 15) is 4.79 Å². The fourth-order valence-corrected chi connectivity index (χ4v) is 3.00. The molecule has 0 aliphatic heterocycles. The molecule has 2 aromatic rings. The van der Waals surface area contributed by atoms with Crippen LogP contribution in [0, 0.1) is 0 Å². The Morgan fingerprint density at radius 1 is 1.15 bits per heavy atom. The van der Waals surface area contributed by atoms with Gasteiger partial charge in [0.2, 0.25) is 0 Å². The first-order chi connectivity index (χ1) is 13.2. The van der Waals surface area contributed by atoms with Gasteiger partial charge in [-0.1, -0.05) is 38.1 Å². The Labute approximate surface area is 161 Å². The lowest BCUT2D eigenvalue weighted by Gasteiger charge is -2.18. The van der Waals surface area contributed by atoms with E-state index >= 15 is 0 Å². The van der Waals surface area contributed by atoms with E-state index in [1.165, 1.54) is 11.8 Å². The SMILES string of the molecule is CCC(CC)c1ccccc1NC(=O)NCCc1cccc(N/C=C\N)n1. The third kappa shape index (κ3) is 6.33. The Bertz CT molecular complexity index is 756. The van der Waals surface area contributed by atoms with Crippen LogP contribution in [0.1, 0.15) is 43.9 Å². The number of aromatic nitrogens is 1. The molecule has 6 heteroatoms. The number of hydrogen-bond donors (Lipinski definition) is 4. The van der Waals surface area contributed by atoms with Crippen LogP contribution in [0.4, 0.5) is 16.3 Å². The van der Waals surface area contributed by atoms with Gasteiger partial charge in [0.1, 0.15) is 5.82 Å². The number of nitrogens with one attached hydrogen (secondary N) is 3. The molecule has 0 bridgehead atoms. The van der Waals surface area contributed by atoms with Crippen LogP contribution in [0.2, 0.25) is 0 Å².